The van der Waals surface area contributed by atoms with Gasteiger partial charge in [0, 0.05) is 10.8 Å². The highest BCUT2D eigenvalue weighted by atomic mass is 19.4. The quantitative estimate of drug-likeness (QED) is 0.0920. The molecule has 1 heterocycles. The molecule has 0 bridgehead atoms. The SMILES string of the molecule is CCO[n+]1ccc2ccccc2c1.FC(F)(F)c1cc([B-](c2cc(C(F)(F)F)cc(C(F)(F)F)c2)(c2cc(C(F)(F)F)cc(C(F)(F)F)c2)c2cc(C(F)(F)F)cc(C(F)(F)F)c2)cc(C(F)(F)F)c1. The Morgan fingerprint density at radius 2 is 0.571 bits per heavy atom. The Morgan fingerprint density at radius 1 is 0.343 bits per heavy atom. The molecular formula is C43H24BF24NO. The number of alkyl halides is 24. The van der Waals surface area contributed by atoms with E-state index in [1.807, 2.05) is 37.5 Å². The van der Waals surface area contributed by atoms with Crippen molar-refractivity contribution in [3.05, 3.63) is 160 Å². The molecule has 2 nitrogen and oxygen atoms in total. The minimum absolute atomic E-state index is 0.684. The molecule has 0 atom stereocenters. The van der Waals surface area contributed by atoms with Crippen LogP contribution in [0, 0.1) is 0 Å². The van der Waals surface area contributed by atoms with Crippen molar-refractivity contribution in [2.24, 2.45) is 0 Å². The van der Waals surface area contributed by atoms with Crippen LogP contribution in [-0.2, 0) is 49.4 Å². The first kappa shape index (κ1) is 54.6. The number of hydrogen-bond donors (Lipinski definition) is 0. The van der Waals surface area contributed by atoms with E-state index in [2.05, 4.69) is 12.1 Å². The van der Waals surface area contributed by atoms with Crippen LogP contribution in [0.25, 0.3) is 10.8 Å². The normalized spacial score (nSPS) is 13.6. The van der Waals surface area contributed by atoms with Gasteiger partial charge in [-0.25, -0.2) is 0 Å². The van der Waals surface area contributed by atoms with Gasteiger partial charge in [-0.05, 0) is 42.6 Å². The molecule has 0 aliphatic heterocycles. The summed E-state index contributed by atoms with van der Waals surface area (Å²) in [5.74, 6) is 0. The molecular weight excluding hydrogens is 1010 g/mol. The molecule has 0 saturated carbocycles. The second-order valence-electron chi connectivity index (χ2n) is 15.1. The average molecular weight is 1040 g/mol. The van der Waals surface area contributed by atoms with E-state index in [9.17, 15) is 105 Å². The lowest BCUT2D eigenvalue weighted by Gasteiger charge is -2.46. The first-order chi connectivity index (χ1) is 31.7. The Labute approximate surface area is 376 Å². The topological polar surface area (TPSA) is 13.1 Å². The molecule has 27 heteroatoms. The van der Waals surface area contributed by atoms with Gasteiger partial charge >= 0.3 is 49.4 Å². The fraction of sp³-hybridized carbons (Fsp3) is 0.233. The number of halogens is 24. The highest BCUT2D eigenvalue weighted by molar-refractivity contribution is 7.20. The Hall–Kier alpha value is -6.31. The van der Waals surface area contributed by atoms with Crippen molar-refractivity contribution in [3.63, 3.8) is 0 Å². The number of nitrogens with zero attached hydrogens (tertiary/aromatic N) is 1. The van der Waals surface area contributed by atoms with Crippen molar-refractivity contribution in [3.8, 4) is 0 Å². The third-order valence-electron chi connectivity index (χ3n) is 10.4. The van der Waals surface area contributed by atoms with Crippen LogP contribution in [0.4, 0.5) is 105 Å². The summed E-state index contributed by atoms with van der Waals surface area (Å²) in [7, 11) is 0. The number of rotatable bonds is 6. The minimum atomic E-state index is -6.13. The largest absolute Gasteiger partial charge is 0.416 e. The summed E-state index contributed by atoms with van der Waals surface area (Å²) in [4.78, 5) is 5.33. The second kappa shape index (κ2) is 18.5. The molecule has 5 aromatic carbocycles. The number of hydrogen-bond acceptors (Lipinski definition) is 1. The van der Waals surface area contributed by atoms with Crippen LogP contribution >= 0.6 is 0 Å². The molecule has 0 amide bonds. The number of aromatic nitrogens is 1. The lowest BCUT2D eigenvalue weighted by Crippen LogP contribution is -2.75. The van der Waals surface area contributed by atoms with Gasteiger partial charge in [0.2, 0.25) is 12.4 Å². The lowest BCUT2D eigenvalue weighted by molar-refractivity contribution is -0.890. The third-order valence-corrected chi connectivity index (χ3v) is 10.4. The van der Waals surface area contributed by atoms with E-state index in [0.717, 1.165) is 0 Å². The second-order valence-corrected chi connectivity index (χ2v) is 15.1. The molecule has 6 aromatic rings. The van der Waals surface area contributed by atoms with Gasteiger partial charge in [-0.1, -0.05) is 66.7 Å². The summed E-state index contributed by atoms with van der Waals surface area (Å²) in [5.41, 5.74) is -30.2. The summed E-state index contributed by atoms with van der Waals surface area (Å²) in [6, 6.07) is 1.46. The molecule has 6 rings (SSSR count). The Balaban J connectivity index is 0.000000600. The van der Waals surface area contributed by atoms with Gasteiger partial charge < -0.3 is 0 Å². The van der Waals surface area contributed by atoms with E-state index in [1.54, 1.807) is 4.73 Å². The molecule has 0 radical (unpaired) electrons. The molecule has 0 spiro atoms. The predicted molar refractivity (Wildman–Crippen MR) is 201 cm³/mol. The van der Waals surface area contributed by atoms with E-state index in [0.29, 0.717) is 6.61 Å². The molecule has 70 heavy (non-hydrogen) atoms. The maximum atomic E-state index is 14.2. The molecule has 1 aromatic heterocycles. The molecule has 0 saturated heterocycles. The van der Waals surface area contributed by atoms with Gasteiger partial charge in [0.25, 0.3) is 0 Å². The highest BCUT2D eigenvalue weighted by Gasteiger charge is 2.47. The van der Waals surface area contributed by atoms with Crippen LogP contribution in [0.1, 0.15) is 51.4 Å². The molecule has 0 unspecified atom stereocenters. The van der Waals surface area contributed by atoms with Crippen molar-refractivity contribution in [2.45, 2.75) is 56.3 Å². The van der Waals surface area contributed by atoms with E-state index in [1.165, 1.54) is 10.8 Å². The molecule has 378 valence electrons. The molecule has 0 N–H and O–H groups in total. The van der Waals surface area contributed by atoms with Crippen LogP contribution in [0.2, 0.25) is 0 Å². The van der Waals surface area contributed by atoms with E-state index in [4.69, 9.17) is 4.84 Å². The summed E-state index contributed by atoms with van der Waals surface area (Å²) in [6.45, 7) is 2.66. The number of benzene rings is 5. The number of pyridine rings is 1. The van der Waals surface area contributed by atoms with Gasteiger partial charge in [0.1, 0.15) is 6.15 Å². The lowest BCUT2D eigenvalue weighted by atomic mass is 9.12. The van der Waals surface area contributed by atoms with Crippen LogP contribution in [-0.4, -0.2) is 12.8 Å². The van der Waals surface area contributed by atoms with E-state index in [-0.39, 0.29) is 0 Å². The maximum absolute atomic E-state index is 14.2. The van der Waals surface area contributed by atoms with Crippen LogP contribution in [0.15, 0.2) is 116 Å². The maximum Gasteiger partial charge on any atom is 0.416 e. The molecule has 0 aliphatic rings. The fourth-order valence-electron chi connectivity index (χ4n) is 7.41. The van der Waals surface area contributed by atoms with Gasteiger partial charge in [-0.2, -0.15) is 127 Å². The van der Waals surface area contributed by atoms with E-state index >= 15 is 0 Å². The van der Waals surface area contributed by atoms with Gasteiger partial charge in [-0.15, -0.1) is 0 Å². The van der Waals surface area contributed by atoms with Crippen LogP contribution in [0.3, 0.4) is 0 Å². The monoisotopic (exact) mass is 1040 g/mol. The zero-order valence-electron chi connectivity index (χ0n) is 34.2. The highest BCUT2D eigenvalue weighted by Crippen LogP contribution is 2.41. The number of fused-ring (bicyclic) bond motifs is 1. The Bertz CT molecular complexity index is 2410. The standard InChI is InChI=1S/C32H12BF24.C11H12NO/c34-25(35,36)13-1-14(26(37,38)39)6-21(5-13)33(22-7-15(27(40,41)42)2-16(8-22)28(43,44)45,23-9-17(29(46,47)48)3-18(10-23)30(49,50)51)24-11-19(31(52,53)54)4-20(12-24)32(55,56)57;1-2-13-12-8-7-10-5-3-4-6-11(10)9-12/h1-12H;3-9H,2H2,1H3/q-1;+1. The molecule has 0 fully saturated rings. The smallest absolute Gasteiger partial charge is 0.272 e. The van der Waals surface area contributed by atoms with Gasteiger partial charge in [-0.3, -0.25) is 4.84 Å². The van der Waals surface area contributed by atoms with Gasteiger partial charge in [0.15, 0.2) is 6.61 Å². The van der Waals surface area contributed by atoms with Crippen molar-refractivity contribution < 1.29 is 115 Å². The first-order valence-electron chi connectivity index (χ1n) is 19.1. The van der Waals surface area contributed by atoms with Crippen molar-refractivity contribution in [1.82, 2.24) is 0 Å². The minimum Gasteiger partial charge on any atom is -0.272 e. The predicted octanol–water partition coefficient (Wildman–Crippen LogP) is 12.8. The summed E-state index contributed by atoms with van der Waals surface area (Å²) in [5, 5.41) is 2.43. The van der Waals surface area contributed by atoms with E-state index < -0.39 is 195 Å². The summed E-state index contributed by atoms with van der Waals surface area (Å²) < 4.78 is 343. The molecule has 0 aliphatic carbocycles. The van der Waals surface area contributed by atoms with Crippen LogP contribution in [0.5, 0.6) is 0 Å². The fourth-order valence-corrected chi connectivity index (χ4v) is 7.41. The van der Waals surface area contributed by atoms with Crippen molar-refractivity contribution >= 4 is 38.8 Å². The first-order valence-corrected chi connectivity index (χ1v) is 19.1. The van der Waals surface area contributed by atoms with Crippen LogP contribution < -0.4 is 31.4 Å². The zero-order chi connectivity index (χ0) is 53.0. The third kappa shape index (κ3) is 12.2. The zero-order valence-corrected chi connectivity index (χ0v) is 34.2. The summed E-state index contributed by atoms with van der Waals surface area (Å²) >= 11 is 0. The average Bonchev–Trinajstić information content (AvgIpc) is 3.21. The Morgan fingerprint density at radius 3 is 0.786 bits per heavy atom. The Kier molecular flexibility index (Phi) is 14.4. The van der Waals surface area contributed by atoms with Crippen molar-refractivity contribution in [1.29, 1.82) is 0 Å². The summed E-state index contributed by atoms with van der Waals surface area (Å²) in [6.07, 6.45) is -50.9. The van der Waals surface area contributed by atoms with Gasteiger partial charge in [0.05, 0.1) is 49.9 Å². The van der Waals surface area contributed by atoms with Crippen molar-refractivity contribution in [2.75, 3.05) is 6.61 Å².